The highest BCUT2D eigenvalue weighted by Crippen LogP contribution is 2.54. The Hall–Kier alpha value is -2.17. The molecule has 2 aromatic rings. The topological polar surface area (TPSA) is 120 Å². The van der Waals surface area contributed by atoms with Gasteiger partial charge in [0.05, 0.1) is 36.8 Å². The first-order valence-electron chi connectivity index (χ1n) is 9.31. The van der Waals surface area contributed by atoms with Gasteiger partial charge in [-0.05, 0) is 31.4 Å². The second-order valence-corrected chi connectivity index (χ2v) is 9.82. The lowest BCUT2D eigenvalue weighted by molar-refractivity contribution is 0.0985. The van der Waals surface area contributed by atoms with Crippen LogP contribution in [0.5, 0.6) is 0 Å². The summed E-state index contributed by atoms with van der Waals surface area (Å²) in [7, 11) is -3.35. The zero-order valence-electron chi connectivity index (χ0n) is 16.0. The number of hydrogen-bond donors (Lipinski definition) is 3. The molecular formula is C18H25N5O4S. The van der Waals surface area contributed by atoms with Gasteiger partial charge in [0, 0.05) is 24.4 Å². The SMILES string of the molecule is CC1COCCN1c1cc(C2(S(C)(=O)=O)CC2)c(CO)c(Nc2ccn[nH]2)n1. The molecule has 0 aromatic carbocycles. The summed E-state index contributed by atoms with van der Waals surface area (Å²) < 4.78 is 29.8. The second kappa shape index (κ2) is 7.02. The summed E-state index contributed by atoms with van der Waals surface area (Å²) in [5.41, 5.74) is 1.13. The number of nitrogens with one attached hydrogen (secondary N) is 2. The monoisotopic (exact) mass is 407 g/mol. The number of ether oxygens (including phenoxy) is 1. The number of pyridine rings is 1. The number of hydrogen-bond acceptors (Lipinski definition) is 8. The number of H-pyrrole nitrogens is 1. The maximum absolute atomic E-state index is 12.6. The van der Waals surface area contributed by atoms with Gasteiger partial charge in [-0.15, -0.1) is 0 Å². The van der Waals surface area contributed by atoms with Crippen LogP contribution in [0.15, 0.2) is 18.3 Å². The van der Waals surface area contributed by atoms with Gasteiger partial charge in [0.15, 0.2) is 9.84 Å². The van der Waals surface area contributed by atoms with Crippen molar-refractivity contribution < 1.29 is 18.3 Å². The Kier molecular flexibility index (Phi) is 4.80. The van der Waals surface area contributed by atoms with Crippen LogP contribution in [-0.4, -0.2) is 60.8 Å². The van der Waals surface area contributed by atoms with E-state index in [1.165, 1.54) is 6.26 Å². The Morgan fingerprint density at radius 1 is 1.46 bits per heavy atom. The third kappa shape index (κ3) is 3.25. The van der Waals surface area contributed by atoms with E-state index < -0.39 is 14.6 Å². The highest BCUT2D eigenvalue weighted by atomic mass is 32.2. The van der Waals surface area contributed by atoms with Crippen molar-refractivity contribution in [3.63, 3.8) is 0 Å². The highest BCUT2D eigenvalue weighted by molar-refractivity contribution is 7.92. The summed E-state index contributed by atoms with van der Waals surface area (Å²) in [5, 5.41) is 20.0. The van der Waals surface area contributed by atoms with Gasteiger partial charge in [-0.1, -0.05) is 0 Å². The van der Waals surface area contributed by atoms with Crippen molar-refractivity contribution in [3.05, 3.63) is 29.5 Å². The number of sulfone groups is 1. The van der Waals surface area contributed by atoms with E-state index in [0.717, 1.165) is 0 Å². The van der Waals surface area contributed by atoms with E-state index in [1.54, 1.807) is 12.3 Å². The first-order valence-corrected chi connectivity index (χ1v) is 11.2. The van der Waals surface area contributed by atoms with Gasteiger partial charge < -0.3 is 20.1 Å². The average Bonchev–Trinajstić information content (AvgIpc) is 3.33. The number of anilines is 3. The second-order valence-electron chi connectivity index (χ2n) is 7.49. The predicted molar refractivity (Wildman–Crippen MR) is 105 cm³/mol. The van der Waals surface area contributed by atoms with Crippen molar-refractivity contribution in [1.29, 1.82) is 0 Å². The number of aromatic nitrogens is 3. The number of morpholine rings is 1. The standard InChI is InChI=1S/C18H25N5O4S/c1-12-11-27-8-7-23(12)16-9-14(18(4-5-18)28(2,25)26)13(10-24)17(21-16)20-15-3-6-19-22-15/h3,6,9,12,24H,4-5,7-8,10-11H2,1-2H3,(H2,19,20,21,22). The number of aliphatic hydroxyl groups is 1. The van der Waals surface area contributed by atoms with E-state index in [2.05, 4.69) is 20.4 Å². The smallest absolute Gasteiger partial charge is 0.157 e. The quantitative estimate of drug-likeness (QED) is 0.655. The molecule has 1 saturated heterocycles. The zero-order chi connectivity index (χ0) is 19.9. The van der Waals surface area contributed by atoms with Gasteiger partial charge in [0.25, 0.3) is 0 Å². The van der Waals surface area contributed by atoms with Crippen LogP contribution in [0, 0.1) is 0 Å². The van der Waals surface area contributed by atoms with E-state index in [0.29, 0.717) is 61.2 Å². The zero-order valence-corrected chi connectivity index (χ0v) is 16.8. The minimum Gasteiger partial charge on any atom is -0.392 e. The molecule has 2 aliphatic rings. The van der Waals surface area contributed by atoms with E-state index in [1.807, 2.05) is 13.0 Å². The van der Waals surface area contributed by atoms with Crippen molar-refractivity contribution in [1.82, 2.24) is 15.2 Å². The lowest BCUT2D eigenvalue weighted by atomic mass is 10.0. The highest BCUT2D eigenvalue weighted by Gasteiger charge is 2.55. The minimum atomic E-state index is -3.35. The molecule has 1 aliphatic carbocycles. The van der Waals surface area contributed by atoms with E-state index in [9.17, 15) is 13.5 Å². The van der Waals surface area contributed by atoms with Gasteiger partial charge in [-0.3, -0.25) is 5.10 Å². The summed E-state index contributed by atoms with van der Waals surface area (Å²) in [5.74, 6) is 1.73. The molecule has 9 nitrogen and oxygen atoms in total. The Balaban J connectivity index is 1.87. The van der Waals surface area contributed by atoms with Crippen molar-refractivity contribution >= 4 is 27.3 Å². The normalized spacial score (nSPS) is 21.5. The molecule has 1 saturated carbocycles. The molecule has 2 fully saturated rings. The van der Waals surface area contributed by atoms with Crippen LogP contribution in [0.2, 0.25) is 0 Å². The van der Waals surface area contributed by atoms with Gasteiger partial charge in [0.1, 0.15) is 17.5 Å². The van der Waals surface area contributed by atoms with Crippen LogP contribution in [0.4, 0.5) is 17.5 Å². The van der Waals surface area contributed by atoms with Crippen molar-refractivity contribution in [2.75, 3.05) is 36.2 Å². The van der Waals surface area contributed by atoms with Crippen LogP contribution in [0.1, 0.15) is 30.9 Å². The third-order valence-corrected chi connectivity index (χ3v) is 7.64. The van der Waals surface area contributed by atoms with Gasteiger partial charge in [0.2, 0.25) is 0 Å². The number of rotatable bonds is 6. The minimum absolute atomic E-state index is 0.113. The van der Waals surface area contributed by atoms with Gasteiger partial charge in [-0.2, -0.15) is 5.10 Å². The molecule has 28 heavy (non-hydrogen) atoms. The largest absolute Gasteiger partial charge is 0.392 e. The molecule has 10 heteroatoms. The van der Waals surface area contributed by atoms with Crippen molar-refractivity contribution in [2.24, 2.45) is 0 Å². The molecule has 2 aromatic heterocycles. The lowest BCUT2D eigenvalue weighted by Crippen LogP contribution is -2.44. The molecule has 1 aliphatic heterocycles. The van der Waals surface area contributed by atoms with Crippen molar-refractivity contribution in [3.8, 4) is 0 Å². The first-order chi connectivity index (χ1) is 13.4. The van der Waals surface area contributed by atoms with E-state index in [4.69, 9.17) is 9.72 Å². The van der Waals surface area contributed by atoms with Crippen LogP contribution < -0.4 is 10.2 Å². The van der Waals surface area contributed by atoms with E-state index >= 15 is 0 Å². The summed E-state index contributed by atoms with van der Waals surface area (Å²) in [4.78, 5) is 6.85. The Bertz CT molecular complexity index is 957. The Labute approximate surface area is 164 Å². The molecular weight excluding hydrogens is 382 g/mol. The maximum Gasteiger partial charge on any atom is 0.157 e. The summed E-state index contributed by atoms with van der Waals surface area (Å²) >= 11 is 0. The fraction of sp³-hybridized carbons (Fsp3) is 0.556. The molecule has 0 radical (unpaired) electrons. The van der Waals surface area contributed by atoms with Crippen LogP contribution >= 0.6 is 0 Å². The van der Waals surface area contributed by atoms with Crippen molar-refractivity contribution in [2.45, 2.75) is 37.2 Å². The van der Waals surface area contributed by atoms with Crippen LogP contribution in [-0.2, 0) is 25.9 Å². The molecule has 3 N–H and O–H groups in total. The molecule has 1 unspecified atom stereocenters. The molecule has 1 atom stereocenters. The van der Waals surface area contributed by atoms with Crippen LogP contribution in [0.3, 0.4) is 0 Å². The maximum atomic E-state index is 12.6. The molecule has 3 heterocycles. The van der Waals surface area contributed by atoms with E-state index in [-0.39, 0.29) is 12.6 Å². The molecule has 4 rings (SSSR count). The molecule has 0 amide bonds. The molecule has 0 bridgehead atoms. The lowest BCUT2D eigenvalue weighted by Gasteiger charge is -2.35. The summed E-state index contributed by atoms with van der Waals surface area (Å²) in [6, 6.07) is 3.69. The van der Waals surface area contributed by atoms with Gasteiger partial charge >= 0.3 is 0 Å². The predicted octanol–water partition coefficient (Wildman–Crippen LogP) is 1.30. The summed E-state index contributed by atoms with van der Waals surface area (Å²) in [6.07, 6.45) is 3.96. The fourth-order valence-electron chi connectivity index (χ4n) is 3.85. The Morgan fingerprint density at radius 3 is 2.82 bits per heavy atom. The summed E-state index contributed by atoms with van der Waals surface area (Å²) in [6.45, 7) is 3.57. The Morgan fingerprint density at radius 2 is 2.25 bits per heavy atom. The number of nitrogens with zero attached hydrogens (tertiary/aromatic N) is 3. The van der Waals surface area contributed by atoms with Gasteiger partial charge in [-0.25, -0.2) is 13.4 Å². The number of aromatic amines is 1. The average molecular weight is 407 g/mol. The first kappa shape index (κ1) is 19.2. The fourth-order valence-corrected chi connectivity index (χ4v) is 5.27. The number of aliphatic hydroxyl groups excluding tert-OH is 1. The molecule has 0 spiro atoms. The molecule has 152 valence electrons. The third-order valence-electron chi connectivity index (χ3n) is 5.59. The van der Waals surface area contributed by atoms with Crippen LogP contribution in [0.25, 0.3) is 0 Å².